The van der Waals surface area contributed by atoms with Crippen LogP contribution in [0.1, 0.15) is 111 Å². The van der Waals surface area contributed by atoms with E-state index in [2.05, 4.69) is 6.92 Å². The minimum Gasteiger partial charge on any atom is -0.170 e. The highest BCUT2D eigenvalue weighted by Crippen LogP contribution is 2.52. The van der Waals surface area contributed by atoms with Crippen molar-refractivity contribution >= 4 is 0 Å². The molecule has 0 bridgehead atoms. The molecule has 3 heteroatoms. The fourth-order valence-corrected chi connectivity index (χ4v) is 3.67. The predicted octanol–water partition coefficient (Wildman–Crippen LogP) is 8.30. The van der Waals surface area contributed by atoms with Crippen LogP contribution in [0.4, 0.5) is 13.2 Å². The van der Waals surface area contributed by atoms with Gasteiger partial charge in [0.15, 0.2) is 0 Å². The zero-order chi connectivity index (χ0) is 17.8. The van der Waals surface area contributed by atoms with E-state index in [0.717, 1.165) is 32.1 Å². The molecule has 0 heterocycles. The van der Waals surface area contributed by atoms with Crippen LogP contribution in [0.15, 0.2) is 0 Å². The lowest BCUT2D eigenvalue weighted by molar-refractivity contribution is -0.249. The van der Waals surface area contributed by atoms with E-state index in [4.69, 9.17) is 0 Å². The molecule has 0 amide bonds. The molecule has 0 aromatic rings. The summed E-state index contributed by atoms with van der Waals surface area (Å²) in [5.41, 5.74) is -1.46. The fraction of sp³-hybridized carbons (Fsp3) is 1.00. The smallest absolute Gasteiger partial charge is 0.170 e. The summed E-state index contributed by atoms with van der Waals surface area (Å²) in [6.07, 6.45) is 7.20. The van der Waals surface area contributed by atoms with Gasteiger partial charge in [0.1, 0.15) is 0 Å². The lowest BCUT2D eigenvalue weighted by Gasteiger charge is -2.41. The van der Waals surface area contributed by atoms with Gasteiger partial charge in [-0.1, -0.05) is 91.9 Å². The Morgan fingerprint density at radius 2 is 1.09 bits per heavy atom. The van der Waals surface area contributed by atoms with Crippen LogP contribution in [0.2, 0.25) is 0 Å². The van der Waals surface area contributed by atoms with Crippen molar-refractivity contribution in [1.82, 2.24) is 0 Å². The molecule has 140 valence electrons. The van der Waals surface area contributed by atoms with Gasteiger partial charge in [0.2, 0.25) is 0 Å². The van der Waals surface area contributed by atoms with Gasteiger partial charge in [-0.3, -0.25) is 0 Å². The Hall–Kier alpha value is -0.210. The minimum atomic E-state index is -4.07. The molecule has 1 unspecified atom stereocenters. The normalized spacial score (nSPS) is 14.2. The second-order valence-corrected chi connectivity index (χ2v) is 7.32. The SMILES string of the molecule is CCCCCCCCC(C)C(CCCC)(CCCC)C(F)(F)F. The van der Waals surface area contributed by atoms with Crippen molar-refractivity contribution in [3.8, 4) is 0 Å². The maximum Gasteiger partial charge on any atom is 0.394 e. The average molecular weight is 337 g/mol. The molecule has 0 spiro atoms. The van der Waals surface area contributed by atoms with Gasteiger partial charge in [0, 0.05) is 0 Å². The third-order valence-corrected chi connectivity index (χ3v) is 5.45. The first kappa shape index (κ1) is 22.8. The lowest BCUT2D eigenvalue weighted by atomic mass is 9.67. The lowest BCUT2D eigenvalue weighted by Crippen LogP contribution is -2.43. The Bertz CT molecular complexity index is 263. The standard InChI is InChI=1S/C20H39F3/c1-5-8-11-12-13-14-15-18(4)19(16-9-6-2,17-10-7-3)20(21,22)23/h18H,5-17H2,1-4H3. The number of rotatable bonds is 14. The topological polar surface area (TPSA) is 0 Å². The van der Waals surface area contributed by atoms with E-state index < -0.39 is 11.6 Å². The van der Waals surface area contributed by atoms with Gasteiger partial charge in [-0.15, -0.1) is 0 Å². The van der Waals surface area contributed by atoms with Gasteiger partial charge in [0.05, 0.1) is 5.41 Å². The molecule has 0 aliphatic rings. The molecular formula is C20H39F3. The molecule has 1 atom stereocenters. The van der Waals surface area contributed by atoms with Gasteiger partial charge in [-0.25, -0.2) is 0 Å². The van der Waals surface area contributed by atoms with E-state index >= 15 is 0 Å². The molecule has 0 saturated heterocycles. The molecule has 23 heavy (non-hydrogen) atoms. The number of halogens is 3. The van der Waals surface area contributed by atoms with Crippen LogP contribution in [-0.2, 0) is 0 Å². The number of unbranched alkanes of at least 4 members (excludes halogenated alkanes) is 7. The van der Waals surface area contributed by atoms with Crippen molar-refractivity contribution in [3.63, 3.8) is 0 Å². The molecular weight excluding hydrogens is 297 g/mol. The molecule has 0 aromatic carbocycles. The summed E-state index contributed by atoms with van der Waals surface area (Å²) in [6.45, 7) is 8.00. The summed E-state index contributed by atoms with van der Waals surface area (Å²) in [7, 11) is 0. The van der Waals surface area contributed by atoms with Crippen LogP contribution in [0.5, 0.6) is 0 Å². The average Bonchev–Trinajstić information content (AvgIpc) is 2.49. The summed E-state index contributed by atoms with van der Waals surface area (Å²) in [4.78, 5) is 0. The van der Waals surface area contributed by atoms with Gasteiger partial charge in [-0.05, 0) is 25.2 Å². The fourth-order valence-electron chi connectivity index (χ4n) is 3.67. The van der Waals surface area contributed by atoms with Crippen LogP contribution >= 0.6 is 0 Å². The van der Waals surface area contributed by atoms with Crippen LogP contribution in [0, 0.1) is 11.3 Å². The molecule has 0 fully saturated rings. The van der Waals surface area contributed by atoms with E-state index in [0.29, 0.717) is 25.7 Å². The highest BCUT2D eigenvalue weighted by molar-refractivity contribution is 4.91. The highest BCUT2D eigenvalue weighted by atomic mass is 19.4. The van der Waals surface area contributed by atoms with E-state index in [1.165, 1.54) is 25.7 Å². The second-order valence-electron chi connectivity index (χ2n) is 7.32. The third-order valence-electron chi connectivity index (χ3n) is 5.45. The summed E-state index contributed by atoms with van der Waals surface area (Å²) < 4.78 is 41.8. The molecule has 0 N–H and O–H groups in total. The van der Waals surface area contributed by atoms with E-state index in [1.807, 2.05) is 20.8 Å². The quantitative estimate of drug-likeness (QED) is 0.280. The maximum absolute atomic E-state index is 13.9. The van der Waals surface area contributed by atoms with Crippen molar-refractivity contribution in [1.29, 1.82) is 0 Å². The first-order chi connectivity index (χ1) is 10.9. The summed E-state index contributed by atoms with van der Waals surface area (Å²) in [5, 5.41) is 0. The second kappa shape index (κ2) is 12.2. The molecule has 0 rings (SSSR count). The zero-order valence-corrected chi connectivity index (χ0v) is 15.9. The number of hydrogen-bond acceptors (Lipinski definition) is 0. The van der Waals surface area contributed by atoms with Gasteiger partial charge in [-0.2, -0.15) is 13.2 Å². The van der Waals surface area contributed by atoms with Crippen LogP contribution < -0.4 is 0 Å². The van der Waals surface area contributed by atoms with Crippen molar-refractivity contribution in [2.75, 3.05) is 0 Å². The van der Waals surface area contributed by atoms with Crippen LogP contribution in [-0.4, -0.2) is 6.18 Å². The van der Waals surface area contributed by atoms with Crippen molar-refractivity contribution in [2.45, 2.75) is 117 Å². The Labute approximate surface area is 142 Å². The van der Waals surface area contributed by atoms with Gasteiger partial charge in [0.25, 0.3) is 0 Å². The first-order valence-electron chi connectivity index (χ1n) is 9.92. The monoisotopic (exact) mass is 336 g/mol. The molecule has 0 aliphatic carbocycles. The number of hydrogen-bond donors (Lipinski definition) is 0. The zero-order valence-electron chi connectivity index (χ0n) is 15.9. The predicted molar refractivity (Wildman–Crippen MR) is 94.7 cm³/mol. The molecule has 0 saturated carbocycles. The Morgan fingerprint density at radius 1 is 0.652 bits per heavy atom. The molecule has 0 radical (unpaired) electrons. The minimum absolute atomic E-state index is 0.258. The Balaban J connectivity index is 4.73. The first-order valence-corrected chi connectivity index (χ1v) is 9.92. The van der Waals surface area contributed by atoms with Crippen LogP contribution in [0.3, 0.4) is 0 Å². The summed E-state index contributed by atoms with van der Waals surface area (Å²) >= 11 is 0. The van der Waals surface area contributed by atoms with Crippen molar-refractivity contribution in [2.24, 2.45) is 11.3 Å². The largest absolute Gasteiger partial charge is 0.394 e. The third kappa shape index (κ3) is 7.94. The van der Waals surface area contributed by atoms with E-state index in [-0.39, 0.29) is 5.92 Å². The Kier molecular flexibility index (Phi) is 12.1. The summed E-state index contributed by atoms with van der Waals surface area (Å²) in [5.74, 6) is -0.258. The van der Waals surface area contributed by atoms with Crippen LogP contribution in [0.25, 0.3) is 0 Å². The molecule has 0 aliphatic heterocycles. The van der Waals surface area contributed by atoms with Gasteiger partial charge >= 0.3 is 6.18 Å². The number of alkyl halides is 3. The van der Waals surface area contributed by atoms with E-state index in [9.17, 15) is 13.2 Å². The van der Waals surface area contributed by atoms with E-state index in [1.54, 1.807) is 0 Å². The summed E-state index contributed by atoms with van der Waals surface area (Å²) in [6, 6.07) is 0. The highest BCUT2D eigenvalue weighted by Gasteiger charge is 2.55. The molecule has 0 aromatic heterocycles. The maximum atomic E-state index is 13.9. The van der Waals surface area contributed by atoms with Crippen molar-refractivity contribution in [3.05, 3.63) is 0 Å². The Morgan fingerprint density at radius 3 is 1.52 bits per heavy atom. The van der Waals surface area contributed by atoms with Gasteiger partial charge < -0.3 is 0 Å². The van der Waals surface area contributed by atoms with Crippen molar-refractivity contribution < 1.29 is 13.2 Å². The molecule has 0 nitrogen and oxygen atoms in total.